The Kier molecular flexibility index (Phi) is 5.90. The molecule has 0 bridgehead atoms. The summed E-state index contributed by atoms with van der Waals surface area (Å²) in [6, 6.07) is 14.4. The zero-order valence-electron chi connectivity index (χ0n) is 14.4. The number of aromatic nitrogens is 3. The van der Waals surface area contributed by atoms with Gasteiger partial charge in [-0.1, -0.05) is 24.3 Å². The Hall–Kier alpha value is -3.82. The van der Waals surface area contributed by atoms with Crippen LogP contribution in [0.25, 0.3) is 0 Å². The molecule has 0 aliphatic rings. The molecule has 2 aromatic carbocycles. The zero-order chi connectivity index (χ0) is 19.9. The highest BCUT2D eigenvalue weighted by Crippen LogP contribution is 2.17. The lowest BCUT2D eigenvalue weighted by atomic mass is 10.2. The summed E-state index contributed by atoms with van der Waals surface area (Å²) in [6.45, 7) is -3.27. The van der Waals surface area contributed by atoms with E-state index in [1.54, 1.807) is 0 Å². The first-order valence-electron chi connectivity index (χ1n) is 8.04. The van der Waals surface area contributed by atoms with E-state index in [-0.39, 0.29) is 35.6 Å². The summed E-state index contributed by atoms with van der Waals surface area (Å²) in [7, 11) is 0. The summed E-state index contributed by atoms with van der Waals surface area (Å²) in [4.78, 5) is 24.2. The van der Waals surface area contributed by atoms with Gasteiger partial charge in [-0.25, -0.2) is 4.79 Å². The van der Waals surface area contributed by atoms with E-state index >= 15 is 0 Å². The molecule has 0 spiro atoms. The number of nitrogens with one attached hydrogen (secondary N) is 1. The summed E-state index contributed by atoms with van der Waals surface area (Å²) < 4.78 is 33.9. The van der Waals surface area contributed by atoms with E-state index in [9.17, 15) is 13.6 Å². The van der Waals surface area contributed by atoms with Crippen molar-refractivity contribution in [2.45, 2.75) is 13.2 Å². The van der Waals surface area contributed by atoms with Crippen molar-refractivity contribution in [2.24, 2.45) is 0 Å². The van der Waals surface area contributed by atoms with Gasteiger partial charge in [0.2, 0.25) is 11.9 Å². The van der Waals surface area contributed by atoms with Gasteiger partial charge in [0.1, 0.15) is 5.75 Å². The lowest BCUT2D eigenvalue weighted by Crippen LogP contribution is -2.11. The Balaban J connectivity index is 1.66. The third-order valence-corrected chi connectivity index (χ3v) is 3.36. The van der Waals surface area contributed by atoms with Crippen LogP contribution < -0.4 is 15.8 Å². The number of hydrogen-bond donors (Lipinski definition) is 2. The Labute approximate surface area is 158 Å². The van der Waals surface area contributed by atoms with Crippen LogP contribution in [0.15, 0.2) is 54.6 Å². The lowest BCUT2D eigenvalue weighted by Gasteiger charge is -2.09. The number of nitrogens with two attached hydrogens (primary N) is 1. The topological polar surface area (TPSA) is 112 Å². The highest BCUT2D eigenvalue weighted by molar-refractivity contribution is 5.89. The van der Waals surface area contributed by atoms with Crippen LogP contribution in [0.4, 0.5) is 26.4 Å². The van der Waals surface area contributed by atoms with Crippen LogP contribution in [0, 0.1) is 0 Å². The molecule has 3 aromatic rings. The highest BCUT2D eigenvalue weighted by atomic mass is 19.3. The fraction of sp³-hybridized carbons (Fsp3) is 0.111. The van der Waals surface area contributed by atoms with Crippen LogP contribution in [0.5, 0.6) is 5.75 Å². The van der Waals surface area contributed by atoms with E-state index in [4.69, 9.17) is 10.5 Å². The number of para-hydroxylation sites is 1. The van der Waals surface area contributed by atoms with Crippen molar-refractivity contribution in [1.82, 2.24) is 15.0 Å². The number of anilines is 3. The van der Waals surface area contributed by atoms with E-state index < -0.39 is 12.6 Å². The maximum atomic E-state index is 12.3. The number of benzene rings is 2. The second-order valence-electron chi connectivity index (χ2n) is 5.41. The van der Waals surface area contributed by atoms with Crippen molar-refractivity contribution in [2.75, 3.05) is 11.1 Å². The summed E-state index contributed by atoms with van der Waals surface area (Å²) in [5, 5.41) is 2.96. The van der Waals surface area contributed by atoms with Crippen molar-refractivity contribution in [1.29, 1.82) is 0 Å². The van der Waals surface area contributed by atoms with Gasteiger partial charge in [-0.3, -0.25) is 0 Å². The molecule has 0 unspecified atom stereocenters. The molecule has 0 aliphatic carbocycles. The standard InChI is InChI=1S/C18H15F2N5O3/c19-16(20)28-13-8-4-5-11(9-13)15(26)27-10-14-23-17(21)25-18(24-14)22-12-6-2-1-3-7-12/h1-9,16H,10H2,(H3,21,22,23,24,25). The van der Waals surface area contributed by atoms with Gasteiger partial charge < -0.3 is 20.5 Å². The number of carbonyl (C=O) groups is 1. The van der Waals surface area contributed by atoms with Gasteiger partial charge in [0.15, 0.2) is 12.4 Å². The van der Waals surface area contributed by atoms with E-state index in [1.807, 2.05) is 30.3 Å². The zero-order valence-corrected chi connectivity index (χ0v) is 14.4. The van der Waals surface area contributed by atoms with Gasteiger partial charge in [0, 0.05) is 5.69 Å². The lowest BCUT2D eigenvalue weighted by molar-refractivity contribution is -0.0499. The van der Waals surface area contributed by atoms with Gasteiger partial charge in [-0.2, -0.15) is 23.7 Å². The Morgan fingerprint density at radius 1 is 1.07 bits per heavy atom. The van der Waals surface area contributed by atoms with Crippen LogP contribution >= 0.6 is 0 Å². The molecule has 3 rings (SSSR count). The van der Waals surface area contributed by atoms with Gasteiger partial charge in [-0.15, -0.1) is 0 Å². The van der Waals surface area contributed by atoms with E-state index in [0.717, 1.165) is 11.8 Å². The number of halogens is 2. The van der Waals surface area contributed by atoms with Crippen molar-refractivity contribution in [3.63, 3.8) is 0 Å². The quantitative estimate of drug-likeness (QED) is 0.595. The van der Waals surface area contributed by atoms with Crippen LogP contribution in [-0.2, 0) is 11.3 Å². The molecule has 0 aliphatic heterocycles. The van der Waals surface area contributed by atoms with Crippen LogP contribution in [0.2, 0.25) is 0 Å². The Morgan fingerprint density at radius 3 is 2.61 bits per heavy atom. The summed E-state index contributed by atoms with van der Waals surface area (Å²) in [5.74, 6) is -0.636. The third-order valence-electron chi connectivity index (χ3n) is 3.36. The second kappa shape index (κ2) is 8.71. The SMILES string of the molecule is Nc1nc(COC(=O)c2cccc(OC(F)F)c2)nc(Nc2ccccc2)n1. The fourth-order valence-corrected chi connectivity index (χ4v) is 2.22. The maximum absolute atomic E-state index is 12.3. The summed E-state index contributed by atoms with van der Waals surface area (Å²) in [5.41, 5.74) is 6.45. The molecule has 0 saturated heterocycles. The largest absolute Gasteiger partial charge is 0.454 e. The first kappa shape index (κ1) is 19.0. The van der Waals surface area contributed by atoms with Crippen LogP contribution in [-0.4, -0.2) is 27.5 Å². The number of hydrogen-bond acceptors (Lipinski definition) is 8. The van der Waals surface area contributed by atoms with Crippen molar-refractivity contribution < 1.29 is 23.0 Å². The van der Waals surface area contributed by atoms with Gasteiger partial charge >= 0.3 is 12.6 Å². The molecule has 0 saturated carbocycles. The number of esters is 1. The molecule has 10 heteroatoms. The van der Waals surface area contributed by atoms with Crippen molar-refractivity contribution >= 4 is 23.6 Å². The number of ether oxygens (including phenoxy) is 2. The highest BCUT2D eigenvalue weighted by Gasteiger charge is 2.13. The van der Waals surface area contributed by atoms with Crippen LogP contribution in [0.1, 0.15) is 16.2 Å². The molecule has 1 aromatic heterocycles. The third kappa shape index (κ3) is 5.34. The minimum absolute atomic E-state index is 0.0443. The fourth-order valence-electron chi connectivity index (χ4n) is 2.22. The maximum Gasteiger partial charge on any atom is 0.387 e. The van der Waals surface area contributed by atoms with Gasteiger partial charge in [0.25, 0.3) is 0 Å². The second-order valence-corrected chi connectivity index (χ2v) is 5.41. The van der Waals surface area contributed by atoms with E-state index in [0.29, 0.717) is 0 Å². The number of carbonyl (C=O) groups excluding carboxylic acids is 1. The monoisotopic (exact) mass is 387 g/mol. The molecular weight excluding hydrogens is 372 g/mol. The average molecular weight is 387 g/mol. The molecule has 0 fully saturated rings. The van der Waals surface area contributed by atoms with Crippen molar-refractivity contribution in [3.05, 3.63) is 66.0 Å². The minimum atomic E-state index is -2.99. The number of nitrogen functional groups attached to an aromatic ring is 1. The van der Waals surface area contributed by atoms with Crippen LogP contribution in [0.3, 0.4) is 0 Å². The molecule has 0 radical (unpaired) electrons. The summed E-state index contributed by atoms with van der Waals surface area (Å²) >= 11 is 0. The number of rotatable bonds is 7. The predicted molar refractivity (Wildman–Crippen MR) is 96.2 cm³/mol. The Morgan fingerprint density at radius 2 is 1.86 bits per heavy atom. The normalized spacial score (nSPS) is 10.5. The predicted octanol–water partition coefficient (Wildman–Crippen LogP) is 3.16. The smallest absolute Gasteiger partial charge is 0.387 e. The Bertz CT molecular complexity index is 957. The summed E-state index contributed by atoms with van der Waals surface area (Å²) in [6.07, 6.45) is 0. The molecule has 8 nitrogen and oxygen atoms in total. The molecule has 1 heterocycles. The molecule has 144 valence electrons. The van der Waals surface area contributed by atoms with Gasteiger partial charge in [0.05, 0.1) is 5.56 Å². The van der Waals surface area contributed by atoms with E-state index in [1.165, 1.54) is 18.2 Å². The molecular formula is C18H15F2N5O3. The van der Waals surface area contributed by atoms with Gasteiger partial charge in [-0.05, 0) is 30.3 Å². The molecule has 0 amide bonds. The first-order valence-corrected chi connectivity index (χ1v) is 8.04. The average Bonchev–Trinajstić information content (AvgIpc) is 2.66. The minimum Gasteiger partial charge on any atom is -0.454 e. The molecule has 0 atom stereocenters. The van der Waals surface area contributed by atoms with E-state index in [2.05, 4.69) is 25.0 Å². The molecule has 3 N–H and O–H groups in total. The van der Waals surface area contributed by atoms with Crippen molar-refractivity contribution in [3.8, 4) is 5.75 Å². The number of nitrogens with zero attached hydrogens (tertiary/aromatic N) is 3. The first-order chi connectivity index (χ1) is 13.5. The molecule has 28 heavy (non-hydrogen) atoms. The number of alkyl halides is 2.